The largest absolute Gasteiger partial charge is 0.390 e. The number of halogens is 4. The molecule has 1 amide bonds. The molecule has 3 N–H and O–H groups in total. The molecule has 0 saturated carbocycles. The van der Waals surface area contributed by atoms with Crippen LogP contribution < -0.4 is 10.6 Å². The van der Waals surface area contributed by atoms with E-state index in [4.69, 9.17) is 0 Å². The summed E-state index contributed by atoms with van der Waals surface area (Å²) in [6, 6.07) is 9.47. The normalized spacial score (nSPS) is 13.8. The number of nitrogens with one attached hydrogen (secondary N) is 2. The van der Waals surface area contributed by atoms with Crippen LogP contribution in [0.3, 0.4) is 0 Å². The molecule has 0 heterocycles. The van der Waals surface area contributed by atoms with Gasteiger partial charge in [0.25, 0.3) is 5.91 Å². The third kappa shape index (κ3) is 7.33. The van der Waals surface area contributed by atoms with Gasteiger partial charge >= 0.3 is 6.43 Å². The molecule has 2 unspecified atom stereocenters. The lowest BCUT2D eigenvalue weighted by Gasteiger charge is -2.31. The smallest absolute Gasteiger partial charge is 0.315 e. The van der Waals surface area contributed by atoms with Crippen molar-refractivity contribution in [3.63, 3.8) is 0 Å². The molecule has 2 aromatic rings. The number of carbonyl (C=O) groups excluding carboxylic acids is 1. The maximum atomic E-state index is 13.5. The van der Waals surface area contributed by atoms with Crippen molar-refractivity contribution in [1.29, 1.82) is 0 Å². The lowest BCUT2D eigenvalue weighted by molar-refractivity contribution is -0.133. The quantitative estimate of drug-likeness (QED) is 0.494. The van der Waals surface area contributed by atoms with E-state index in [1.165, 1.54) is 0 Å². The van der Waals surface area contributed by atoms with Crippen LogP contribution in [0.5, 0.6) is 0 Å². The molecule has 170 valence electrons. The fourth-order valence-corrected chi connectivity index (χ4v) is 3.30. The minimum atomic E-state index is -3.28. The Morgan fingerprint density at radius 2 is 1.71 bits per heavy atom. The third-order valence-electron chi connectivity index (χ3n) is 5.18. The highest BCUT2D eigenvalue weighted by molar-refractivity contribution is 5.79. The highest BCUT2D eigenvalue weighted by Crippen LogP contribution is 2.22. The lowest BCUT2D eigenvalue weighted by Crippen LogP contribution is -2.52. The molecule has 0 fully saturated rings. The number of hydrogen-bond donors (Lipinski definition) is 3. The second kappa shape index (κ2) is 10.7. The van der Waals surface area contributed by atoms with Crippen LogP contribution in [0.15, 0.2) is 42.5 Å². The van der Waals surface area contributed by atoms with Crippen LogP contribution in [0, 0.1) is 11.6 Å². The molecule has 4 nitrogen and oxygen atoms in total. The monoisotopic (exact) mass is 440 g/mol. The van der Waals surface area contributed by atoms with Crippen molar-refractivity contribution >= 4 is 5.91 Å². The summed E-state index contributed by atoms with van der Waals surface area (Å²) in [5.74, 6) is -3.23. The van der Waals surface area contributed by atoms with Gasteiger partial charge in [0.1, 0.15) is 11.6 Å². The molecular formula is C23H28F4N2O2. The number of benzene rings is 2. The molecule has 8 heteroatoms. The zero-order valence-electron chi connectivity index (χ0n) is 17.8. The molecular weight excluding hydrogens is 412 g/mol. The fourth-order valence-electron chi connectivity index (χ4n) is 3.30. The summed E-state index contributed by atoms with van der Waals surface area (Å²) in [4.78, 5) is 11.5. The number of alkyl halides is 2. The first-order valence-corrected chi connectivity index (χ1v) is 10.1. The van der Waals surface area contributed by atoms with E-state index in [1.807, 2.05) is 45.0 Å². The Morgan fingerprint density at radius 3 is 2.29 bits per heavy atom. The van der Waals surface area contributed by atoms with Crippen molar-refractivity contribution < 1.29 is 27.5 Å². The summed E-state index contributed by atoms with van der Waals surface area (Å²) < 4.78 is 52.5. The minimum absolute atomic E-state index is 0.0463. The molecule has 0 spiro atoms. The standard InChI is InChI=1S/C23H28F4N2O2/c1-4-14-6-5-7-16(8-14)23(2,3)28-13-20(30)19(29-22(31)21(26)27)11-15-9-17(24)12-18(25)10-15/h5-10,12,19-21,28,30H,4,11,13H2,1-3H3,(H,29,31). The van der Waals surface area contributed by atoms with Gasteiger partial charge in [0.2, 0.25) is 0 Å². The Bertz CT molecular complexity index is 869. The lowest BCUT2D eigenvalue weighted by atomic mass is 9.91. The number of aryl methyl sites for hydroxylation is 1. The van der Waals surface area contributed by atoms with Crippen LogP contribution in [0.25, 0.3) is 0 Å². The zero-order valence-corrected chi connectivity index (χ0v) is 17.8. The van der Waals surface area contributed by atoms with Crippen LogP contribution in [-0.4, -0.2) is 36.1 Å². The van der Waals surface area contributed by atoms with Gasteiger partial charge < -0.3 is 15.7 Å². The maximum absolute atomic E-state index is 13.5. The molecule has 0 radical (unpaired) electrons. The van der Waals surface area contributed by atoms with Gasteiger partial charge in [0, 0.05) is 18.2 Å². The number of rotatable bonds is 10. The average molecular weight is 440 g/mol. The molecule has 0 bridgehead atoms. The summed E-state index contributed by atoms with van der Waals surface area (Å²) >= 11 is 0. The SMILES string of the molecule is CCc1cccc(C(C)(C)NCC(O)C(Cc2cc(F)cc(F)c2)NC(=O)C(F)F)c1. The van der Waals surface area contributed by atoms with Crippen molar-refractivity contribution in [3.8, 4) is 0 Å². The summed E-state index contributed by atoms with van der Waals surface area (Å²) in [5.41, 5.74) is 1.68. The Morgan fingerprint density at radius 1 is 1.06 bits per heavy atom. The van der Waals surface area contributed by atoms with E-state index in [0.29, 0.717) is 6.07 Å². The topological polar surface area (TPSA) is 61.4 Å². The van der Waals surface area contributed by atoms with E-state index in [1.54, 1.807) is 0 Å². The van der Waals surface area contributed by atoms with Gasteiger partial charge in [-0.15, -0.1) is 0 Å². The minimum Gasteiger partial charge on any atom is -0.390 e. The Hall–Kier alpha value is -2.45. The summed E-state index contributed by atoms with van der Waals surface area (Å²) in [7, 11) is 0. The van der Waals surface area contributed by atoms with Gasteiger partial charge in [-0.1, -0.05) is 31.2 Å². The van der Waals surface area contributed by atoms with E-state index in [2.05, 4.69) is 10.6 Å². The number of aliphatic hydroxyl groups excluding tert-OH is 1. The maximum Gasteiger partial charge on any atom is 0.315 e. The summed E-state index contributed by atoms with van der Waals surface area (Å²) in [6.45, 7) is 5.80. The molecule has 0 aliphatic heterocycles. The van der Waals surface area contributed by atoms with E-state index in [-0.39, 0.29) is 18.5 Å². The van der Waals surface area contributed by atoms with E-state index in [9.17, 15) is 27.5 Å². The molecule has 2 atom stereocenters. The van der Waals surface area contributed by atoms with Crippen molar-refractivity contribution in [1.82, 2.24) is 10.6 Å². The first kappa shape index (κ1) is 24.8. The number of amides is 1. The van der Waals surface area contributed by atoms with E-state index in [0.717, 1.165) is 29.7 Å². The van der Waals surface area contributed by atoms with Gasteiger partial charge in [0.15, 0.2) is 0 Å². The second-order valence-electron chi connectivity index (χ2n) is 8.02. The van der Waals surface area contributed by atoms with Crippen LogP contribution in [-0.2, 0) is 23.2 Å². The Balaban J connectivity index is 2.15. The molecule has 0 saturated heterocycles. The third-order valence-corrected chi connectivity index (χ3v) is 5.18. The first-order chi connectivity index (χ1) is 14.5. The number of aliphatic hydroxyl groups is 1. The highest BCUT2D eigenvalue weighted by Gasteiger charge is 2.28. The van der Waals surface area contributed by atoms with Crippen LogP contribution >= 0.6 is 0 Å². The number of carbonyl (C=O) groups is 1. The summed E-state index contributed by atoms with van der Waals surface area (Å²) in [6.07, 6.45) is -3.93. The van der Waals surface area contributed by atoms with Crippen molar-refractivity contribution in [3.05, 3.63) is 70.8 Å². The van der Waals surface area contributed by atoms with Gasteiger partial charge in [-0.2, -0.15) is 8.78 Å². The van der Waals surface area contributed by atoms with Gasteiger partial charge in [-0.05, 0) is 55.5 Å². The first-order valence-electron chi connectivity index (χ1n) is 10.1. The predicted molar refractivity (Wildman–Crippen MR) is 111 cm³/mol. The zero-order chi connectivity index (χ0) is 23.2. The average Bonchev–Trinajstić information content (AvgIpc) is 2.70. The van der Waals surface area contributed by atoms with E-state index >= 15 is 0 Å². The molecule has 0 aliphatic rings. The fraction of sp³-hybridized carbons (Fsp3) is 0.435. The van der Waals surface area contributed by atoms with E-state index < -0.39 is 41.7 Å². The van der Waals surface area contributed by atoms with Crippen molar-refractivity contribution in [2.45, 2.75) is 57.7 Å². The van der Waals surface area contributed by atoms with Gasteiger partial charge in [0.05, 0.1) is 12.1 Å². The highest BCUT2D eigenvalue weighted by atomic mass is 19.3. The summed E-state index contributed by atoms with van der Waals surface area (Å²) in [5, 5.41) is 15.9. The van der Waals surface area contributed by atoms with Crippen LogP contribution in [0.2, 0.25) is 0 Å². The molecule has 0 aliphatic carbocycles. The van der Waals surface area contributed by atoms with Crippen molar-refractivity contribution in [2.24, 2.45) is 0 Å². The number of hydrogen-bond acceptors (Lipinski definition) is 3. The van der Waals surface area contributed by atoms with Gasteiger partial charge in [-0.3, -0.25) is 4.79 Å². The molecule has 0 aromatic heterocycles. The van der Waals surface area contributed by atoms with Crippen molar-refractivity contribution in [2.75, 3.05) is 6.54 Å². The molecule has 2 aromatic carbocycles. The molecule has 31 heavy (non-hydrogen) atoms. The Labute approximate surface area is 179 Å². The second-order valence-corrected chi connectivity index (χ2v) is 8.02. The Kier molecular flexibility index (Phi) is 8.59. The van der Waals surface area contributed by atoms with Crippen LogP contribution in [0.1, 0.15) is 37.5 Å². The molecule has 2 rings (SSSR count). The van der Waals surface area contributed by atoms with Gasteiger partial charge in [-0.25, -0.2) is 8.78 Å². The predicted octanol–water partition coefficient (Wildman–Crippen LogP) is 3.71. The van der Waals surface area contributed by atoms with Crippen LogP contribution in [0.4, 0.5) is 17.6 Å².